The van der Waals surface area contributed by atoms with E-state index in [1.165, 1.54) is 0 Å². The van der Waals surface area contributed by atoms with E-state index in [0.717, 1.165) is 44.9 Å². The van der Waals surface area contributed by atoms with Crippen LogP contribution in [-0.2, 0) is 9.53 Å². The summed E-state index contributed by atoms with van der Waals surface area (Å²) in [6, 6.07) is 0. The Kier molecular flexibility index (Phi) is 9.14. The zero-order valence-corrected chi connectivity index (χ0v) is 14.4. The SMILES string of the molecule is COC(C)(C)CCCCC(O)CCCCC(C)(C)C(=O)O. The minimum Gasteiger partial charge on any atom is -0.481 e. The number of hydrogen-bond donors (Lipinski definition) is 2. The number of carbonyl (C=O) groups is 1. The summed E-state index contributed by atoms with van der Waals surface area (Å²) in [7, 11) is 1.73. The summed E-state index contributed by atoms with van der Waals surface area (Å²) < 4.78 is 5.36. The maximum absolute atomic E-state index is 11.0. The summed E-state index contributed by atoms with van der Waals surface area (Å²) >= 11 is 0. The van der Waals surface area contributed by atoms with Gasteiger partial charge in [-0.05, 0) is 53.4 Å². The molecule has 0 aromatic rings. The Morgan fingerprint density at radius 2 is 1.48 bits per heavy atom. The number of carboxylic acid groups (broad SMARTS) is 1. The van der Waals surface area contributed by atoms with Crippen LogP contribution in [0.1, 0.15) is 79.1 Å². The van der Waals surface area contributed by atoms with Crippen molar-refractivity contribution >= 4 is 5.97 Å². The van der Waals surface area contributed by atoms with Crippen molar-refractivity contribution in [3.8, 4) is 0 Å². The highest BCUT2D eigenvalue weighted by molar-refractivity contribution is 5.73. The van der Waals surface area contributed by atoms with E-state index >= 15 is 0 Å². The maximum atomic E-state index is 11.0. The van der Waals surface area contributed by atoms with Gasteiger partial charge in [0.25, 0.3) is 0 Å². The fourth-order valence-corrected chi connectivity index (χ4v) is 2.23. The first-order valence-electron chi connectivity index (χ1n) is 8.07. The first-order chi connectivity index (χ1) is 9.60. The van der Waals surface area contributed by atoms with Crippen LogP contribution in [0.3, 0.4) is 0 Å². The Bertz CT molecular complexity index is 297. The molecule has 0 aliphatic heterocycles. The first kappa shape index (κ1) is 20.4. The van der Waals surface area contributed by atoms with Crippen LogP contribution in [0.4, 0.5) is 0 Å². The van der Waals surface area contributed by atoms with Crippen LogP contribution in [-0.4, -0.2) is 35.0 Å². The van der Waals surface area contributed by atoms with E-state index in [1.54, 1.807) is 21.0 Å². The molecule has 0 spiro atoms. The molecule has 2 N–H and O–H groups in total. The van der Waals surface area contributed by atoms with Crippen LogP contribution in [0.25, 0.3) is 0 Å². The van der Waals surface area contributed by atoms with Gasteiger partial charge in [0, 0.05) is 7.11 Å². The number of aliphatic carboxylic acids is 1. The molecule has 1 atom stereocenters. The quantitative estimate of drug-likeness (QED) is 0.535. The van der Waals surface area contributed by atoms with Crippen molar-refractivity contribution < 1.29 is 19.7 Å². The van der Waals surface area contributed by atoms with Crippen molar-refractivity contribution in [1.82, 2.24) is 0 Å². The predicted octanol–water partition coefficient (Wildman–Crippen LogP) is 4.00. The topological polar surface area (TPSA) is 66.8 Å². The molecule has 0 bridgehead atoms. The zero-order chi connectivity index (χ0) is 16.5. The van der Waals surface area contributed by atoms with Gasteiger partial charge in [0.15, 0.2) is 0 Å². The fourth-order valence-electron chi connectivity index (χ4n) is 2.23. The van der Waals surface area contributed by atoms with Crippen molar-refractivity contribution in [3.05, 3.63) is 0 Å². The Hall–Kier alpha value is -0.610. The van der Waals surface area contributed by atoms with Crippen molar-refractivity contribution in [2.45, 2.75) is 90.8 Å². The van der Waals surface area contributed by atoms with Crippen molar-refractivity contribution in [2.75, 3.05) is 7.11 Å². The third-order valence-electron chi connectivity index (χ3n) is 4.29. The number of methoxy groups -OCH3 is 1. The molecule has 0 aliphatic rings. The molecule has 126 valence electrons. The van der Waals surface area contributed by atoms with Gasteiger partial charge in [0.1, 0.15) is 0 Å². The highest BCUT2D eigenvalue weighted by atomic mass is 16.5. The van der Waals surface area contributed by atoms with Gasteiger partial charge in [-0.1, -0.05) is 25.7 Å². The number of aliphatic hydroxyl groups is 1. The second-order valence-corrected chi connectivity index (χ2v) is 7.30. The van der Waals surface area contributed by atoms with Crippen LogP contribution in [0.2, 0.25) is 0 Å². The predicted molar refractivity (Wildman–Crippen MR) is 85.4 cm³/mol. The smallest absolute Gasteiger partial charge is 0.309 e. The van der Waals surface area contributed by atoms with E-state index in [9.17, 15) is 9.90 Å². The highest BCUT2D eigenvalue weighted by Crippen LogP contribution is 2.24. The van der Waals surface area contributed by atoms with Gasteiger partial charge in [-0.3, -0.25) is 4.79 Å². The van der Waals surface area contributed by atoms with Crippen LogP contribution >= 0.6 is 0 Å². The molecule has 0 aromatic heterocycles. The second-order valence-electron chi connectivity index (χ2n) is 7.30. The summed E-state index contributed by atoms with van der Waals surface area (Å²) in [5, 5.41) is 18.9. The second kappa shape index (κ2) is 9.42. The summed E-state index contributed by atoms with van der Waals surface area (Å²) in [6.45, 7) is 7.66. The first-order valence-corrected chi connectivity index (χ1v) is 8.07. The average molecular weight is 302 g/mol. The minimum atomic E-state index is -0.746. The Balaban J connectivity index is 3.64. The zero-order valence-electron chi connectivity index (χ0n) is 14.4. The van der Waals surface area contributed by atoms with E-state index < -0.39 is 11.4 Å². The van der Waals surface area contributed by atoms with Crippen LogP contribution < -0.4 is 0 Å². The molecule has 0 amide bonds. The van der Waals surface area contributed by atoms with Crippen molar-refractivity contribution in [1.29, 1.82) is 0 Å². The number of aliphatic hydroxyl groups excluding tert-OH is 1. The molecule has 1 unspecified atom stereocenters. The van der Waals surface area contributed by atoms with Gasteiger partial charge < -0.3 is 14.9 Å². The van der Waals surface area contributed by atoms with E-state index in [0.29, 0.717) is 6.42 Å². The van der Waals surface area contributed by atoms with Crippen LogP contribution in [0.5, 0.6) is 0 Å². The van der Waals surface area contributed by atoms with Crippen LogP contribution in [0, 0.1) is 5.41 Å². The Morgan fingerprint density at radius 1 is 1.00 bits per heavy atom. The van der Waals surface area contributed by atoms with Crippen LogP contribution in [0.15, 0.2) is 0 Å². The minimum absolute atomic E-state index is 0.0760. The fraction of sp³-hybridized carbons (Fsp3) is 0.941. The average Bonchev–Trinajstić information content (AvgIpc) is 2.39. The monoisotopic (exact) mass is 302 g/mol. The molecule has 0 rings (SSSR count). The third kappa shape index (κ3) is 9.86. The molecule has 0 saturated carbocycles. The normalized spacial score (nSPS) is 14.2. The van der Waals surface area contributed by atoms with Crippen molar-refractivity contribution in [2.24, 2.45) is 5.41 Å². The molecule has 0 radical (unpaired) electrons. The van der Waals surface area contributed by atoms with Gasteiger partial charge in [-0.25, -0.2) is 0 Å². The largest absolute Gasteiger partial charge is 0.481 e. The molecule has 4 heteroatoms. The molecule has 0 saturated heterocycles. The summed E-state index contributed by atoms with van der Waals surface area (Å²) in [5.74, 6) is -0.746. The van der Waals surface area contributed by atoms with E-state index in [1.807, 2.05) is 0 Å². The van der Waals surface area contributed by atoms with Gasteiger partial charge >= 0.3 is 5.97 Å². The Morgan fingerprint density at radius 3 is 1.90 bits per heavy atom. The van der Waals surface area contributed by atoms with Crippen molar-refractivity contribution in [3.63, 3.8) is 0 Å². The van der Waals surface area contributed by atoms with E-state index in [-0.39, 0.29) is 11.7 Å². The molecular weight excluding hydrogens is 268 g/mol. The molecular formula is C17H34O4. The highest BCUT2D eigenvalue weighted by Gasteiger charge is 2.26. The lowest BCUT2D eigenvalue weighted by Crippen LogP contribution is -2.23. The Labute approximate surface area is 129 Å². The molecule has 0 aromatic carbocycles. The molecule has 0 fully saturated rings. The van der Waals surface area contributed by atoms with E-state index in [2.05, 4.69) is 13.8 Å². The van der Waals surface area contributed by atoms with E-state index in [4.69, 9.17) is 9.84 Å². The van der Waals surface area contributed by atoms with Gasteiger partial charge in [0.2, 0.25) is 0 Å². The lowest BCUT2D eigenvalue weighted by Gasteiger charge is -2.22. The molecule has 4 nitrogen and oxygen atoms in total. The third-order valence-corrected chi connectivity index (χ3v) is 4.29. The maximum Gasteiger partial charge on any atom is 0.309 e. The standard InChI is InChI=1S/C17H34O4/c1-16(2,15(19)20)12-8-6-10-14(18)11-7-9-13-17(3,4)21-5/h14,18H,6-13H2,1-5H3,(H,19,20). The number of carboxylic acids is 1. The van der Waals surface area contributed by atoms with Gasteiger partial charge in [0.05, 0.1) is 17.1 Å². The summed E-state index contributed by atoms with van der Waals surface area (Å²) in [6.07, 6.45) is 6.81. The number of unbranched alkanes of at least 4 members (excludes halogenated alkanes) is 2. The lowest BCUT2D eigenvalue weighted by molar-refractivity contribution is -0.147. The van der Waals surface area contributed by atoms with Gasteiger partial charge in [-0.15, -0.1) is 0 Å². The number of ether oxygens (including phenoxy) is 1. The summed E-state index contributed by atoms with van der Waals surface area (Å²) in [4.78, 5) is 11.0. The molecule has 21 heavy (non-hydrogen) atoms. The lowest BCUT2D eigenvalue weighted by atomic mass is 9.87. The van der Waals surface area contributed by atoms with Gasteiger partial charge in [-0.2, -0.15) is 0 Å². The molecule has 0 aliphatic carbocycles. The number of hydrogen-bond acceptors (Lipinski definition) is 3. The summed E-state index contributed by atoms with van der Waals surface area (Å²) in [5.41, 5.74) is -0.732. The molecule has 0 heterocycles. The number of rotatable bonds is 12.